The van der Waals surface area contributed by atoms with E-state index in [4.69, 9.17) is 5.73 Å². The van der Waals surface area contributed by atoms with Crippen LogP contribution < -0.4 is 11.1 Å². The van der Waals surface area contributed by atoms with Gasteiger partial charge in [-0.15, -0.1) is 21.5 Å². The number of Topliss-reactive ketones (excluding diaryl/α,β-unsaturated/α-hetero) is 1. The lowest BCUT2D eigenvalue weighted by molar-refractivity contribution is -0.117. The second-order valence-corrected chi connectivity index (χ2v) is 8.61. The molecule has 0 atom stereocenters. The van der Waals surface area contributed by atoms with E-state index < -0.39 is 0 Å². The Bertz CT molecular complexity index is 1020. The van der Waals surface area contributed by atoms with Gasteiger partial charge >= 0.3 is 0 Å². The molecule has 0 unspecified atom stereocenters. The number of thiazole rings is 1. The number of rotatable bonds is 9. The zero-order valence-corrected chi connectivity index (χ0v) is 17.3. The first-order valence-electron chi connectivity index (χ1n) is 9.95. The first-order valence-corrected chi connectivity index (χ1v) is 10.8. The molecule has 1 aliphatic rings. The van der Waals surface area contributed by atoms with Crippen molar-refractivity contribution in [2.24, 2.45) is 5.73 Å². The molecule has 0 amide bonds. The quantitative estimate of drug-likeness (QED) is 0.541. The van der Waals surface area contributed by atoms with Crippen LogP contribution in [0.1, 0.15) is 36.3 Å². The zero-order valence-electron chi connectivity index (χ0n) is 16.5. The molecule has 1 saturated carbocycles. The second kappa shape index (κ2) is 8.93. The predicted octanol–water partition coefficient (Wildman–Crippen LogP) is 3.13. The second-order valence-electron chi connectivity index (χ2n) is 7.50. The fourth-order valence-electron chi connectivity index (χ4n) is 3.58. The van der Waals surface area contributed by atoms with Gasteiger partial charge in [0.05, 0.1) is 12.2 Å². The Morgan fingerprint density at radius 1 is 1.23 bits per heavy atom. The summed E-state index contributed by atoms with van der Waals surface area (Å²) in [6.45, 7) is 0.630. The number of nitrogens with zero attached hydrogens (tertiary/aromatic N) is 4. The number of carbonyl (C=O) groups is 1. The van der Waals surface area contributed by atoms with Gasteiger partial charge in [-0.2, -0.15) is 0 Å². The van der Waals surface area contributed by atoms with Gasteiger partial charge in [0.25, 0.3) is 0 Å². The molecule has 3 heterocycles. The normalized spacial score (nSPS) is 14.9. The number of aromatic nitrogens is 4. The maximum Gasteiger partial charge on any atom is 0.148 e. The van der Waals surface area contributed by atoms with Crippen molar-refractivity contribution in [3.05, 3.63) is 53.0 Å². The summed E-state index contributed by atoms with van der Waals surface area (Å²) in [7, 11) is 0. The van der Waals surface area contributed by atoms with E-state index in [1.807, 2.05) is 12.1 Å². The van der Waals surface area contributed by atoms with Gasteiger partial charge in [-0.3, -0.25) is 9.78 Å². The van der Waals surface area contributed by atoms with Crippen molar-refractivity contribution in [2.45, 2.75) is 37.5 Å². The third kappa shape index (κ3) is 4.36. The van der Waals surface area contributed by atoms with Crippen LogP contribution >= 0.6 is 11.3 Å². The summed E-state index contributed by atoms with van der Waals surface area (Å²) in [5, 5.41) is 12.6. The molecule has 0 aromatic carbocycles. The van der Waals surface area contributed by atoms with Crippen LogP contribution in [0.15, 0.2) is 36.7 Å². The summed E-state index contributed by atoms with van der Waals surface area (Å²) in [5.74, 6) is 0.412. The highest BCUT2D eigenvalue weighted by molar-refractivity contribution is 7.15. The topological polar surface area (TPSA) is 107 Å². The molecule has 9 heteroatoms. The van der Waals surface area contributed by atoms with E-state index in [0.717, 1.165) is 29.1 Å². The van der Waals surface area contributed by atoms with Gasteiger partial charge in [-0.25, -0.2) is 9.37 Å². The minimum absolute atomic E-state index is 0.0370. The van der Waals surface area contributed by atoms with E-state index in [-0.39, 0.29) is 23.6 Å². The molecule has 3 aromatic heterocycles. The van der Waals surface area contributed by atoms with Crippen LogP contribution in [0.4, 0.5) is 10.2 Å². The summed E-state index contributed by atoms with van der Waals surface area (Å²) in [6.07, 6.45) is 7.31. The van der Waals surface area contributed by atoms with E-state index in [2.05, 4.69) is 25.5 Å². The molecule has 1 fully saturated rings. The summed E-state index contributed by atoms with van der Waals surface area (Å²) in [4.78, 5) is 21.1. The van der Waals surface area contributed by atoms with Crippen molar-refractivity contribution in [2.75, 3.05) is 18.4 Å². The number of carbonyl (C=O) groups excluding carboxylic acids is 1. The van der Waals surface area contributed by atoms with Gasteiger partial charge in [0.1, 0.15) is 28.1 Å². The lowest BCUT2D eigenvalue weighted by Crippen LogP contribution is -2.42. The van der Waals surface area contributed by atoms with E-state index in [0.29, 0.717) is 36.6 Å². The number of hydrogen-bond acceptors (Lipinski definition) is 8. The third-order valence-electron chi connectivity index (χ3n) is 5.49. The maximum atomic E-state index is 14.2. The first kappa shape index (κ1) is 20.5. The van der Waals surface area contributed by atoms with Crippen LogP contribution in [0.2, 0.25) is 0 Å². The zero-order chi connectivity index (χ0) is 21.0. The molecule has 0 saturated heterocycles. The smallest absolute Gasteiger partial charge is 0.148 e. The van der Waals surface area contributed by atoms with Gasteiger partial charge in [-0.05, 0) is 43.5 Å². The van der Waals surface area contributed by atoms with Crippen LogP contribution in [0.5, 0.6) is 0 Å². The Labute approximate surface area is 178 Å². The largest absolute Gasteiger partial charge is 0.368 e. The molecule has 0 radical (unpaired) electrons. The number of hydrogen-bond donors (Lipinski definition) is 2. The molecule has 0 aliphatic heterocycles. The van der Waals surface area contributed by atoms with Crippen LogP contribution in [0.25, 0.3) is 10.7 Å². The summed E-state index contributed by atoms with van der Waals surface area (Å²) in [6, 6.07) is 6.79. The first-order chi connectivity index (χ1) is 14.6. The number of halogens is 1. The molecule has 3 N–H and O–H groups in total. The van der Waals surface area contributed by atoms with Crippen LogP contribution in [-0.2, 0) is 16.6 Å². The van der Waals surface area contributed by atoms with E-state index in [9.17, 15) is 9.18 Å². The molecule has 0 spiro atoms. The molecule has 156 valence electrons. The molecular weight excluding hydrogens is 403 g/mol. The van der Waals surface area contributed by atoms with Crippen molar-refractivity contribution < 1.29 is 9.18 Å². The highest BCUT2D eigenvalue weighted by Crippen LogP contribution is 2.43. The van der Waals surface area contributed by atoms with Gasteiger partial charge in [0, 0.05) is 35.7 Å². The minimum atomic E-state index is -0.295. The number of nitrogens with one attached hydrogen (secondary N) is 1. The number of ketones is 1. The fourth-order valence-corrected chi connectivity index (χ4v) is 4.46. The Kier molecular flexibility index (Phi) is 6.10. The van der Waals surface area contributed by atoms with Gasteiger partial charge in [0.2, 0.25) is 0 Å². The summed E-state index contributed by atoms with van der Waals surface area (Å²) < 4.78 is 14.2. The number of aryl methyl sites for hydroxylation is 1. The standard InChI is InChI=1S/C21H23FN6OS/c22-16-3-1-10-24-19(16)21(8-2-9-21)13-26-18-7-6-17(27-28-18)20-25-12-15(30-20)5-4-14(29)11-23/h1,3,6-7,10,12H,2,4-5,8-9,11,13,23H2,(H,26,28). The van der Waals surface area contributed by atoms with Crippen LogP contribution in [-0.4, -0.2) is 39.0 Å². The van der Waals surface area contributed by atoms with Gasteiger partial charge < -0.3 is 11.1 Å². The Morgan fingerprint density at radius 3 is 2.77 bits per heavy atom. The van der Waals surface area contributed by atoms with Crippen molar-refractivity contribution >= 4 is 22.9 Å². The Balaban J connectivity index is 1.39. The van der Waals surface area contributed by atoms with Crippen molar-refractivity contribution in [3.8, 4) is 10.7 Å². The SMILES string of the molecule is NCC(=O)CCc1cnc(-c2ccc(NCC3(c4ncccc4F)CCC3)nn2)s1. The molecule has 7 nitrogen and oxygen atoms in total. The van der Waals surface area contributed by atoms with Crippen molar-refractivity contribution in [1.82, 2.24) is 20.2 Å². The van der Waals surface area contributed by atoms with Crippen LogP contribution in [0.3, 0.4) is 0 Å². The molecule has 30 heavy (non-hydrogen) atoms. The van der Waals surface area contributed by atoms with E-state index >= 15 is 0 Å². The van der Waals surface area contributed by atoms with Crippen molar-refractivity contribution in [3.63, 3.8) is 0 Å². The average Bonchev–Trinajstić information content (AvgIpc) is 3.22. The minimum Gasteiger partial charge on any atom is -0.368 e. The highest BCUT2D eigenvalue weighted by Gasteiger charge is 2.41. The molecule has 1 aliphatic carbocycles. The molecule has 3 aromatic rings. The number of nitrogens with two attached hydrogens (primary N) is 1. The maximum absolute atomic E-state index is 14.2. The highest BCUT2D eigenvalue weighted by atomic mass is 32.1. The lowest BCUT2D eigenvalue weighted by atomic mass is 9.66. The molecular formula is C21H23FN6OS. The Hall–Kier alpha value is -2.78. The van der Waals surface area contributed by atoms with E-state index in [1.165, 1.54) is 17.4 Å². The lowest BCUT2D eigenvalue weighted by Gasteiger charge is -2.41. The molecule has 4 rings (SSSR count). The Morgan fingerprint density at radius 2 is 2.10 bits per heavy atom. The average molecular weight is 427 g/mol. The number of pyridine rings is 1. The van der Waals surface area contributed by atoms with E-state index in [1.54, 1.807) is 18.5 Å². The van der Waals surface area contributed by atoms with Gasteiger partial charge in [0.15, 0.2) is 0 Å². The summed E-state index contributed by atoms with van der Waals surface area (Å²) in [5.41, 5.74) is 6.25. The van der Waals surface area contributed by atoms with Crippen molar-refractivity contribution in [1.29, 1.82) is 0 Å². The van der Waals surface area contributed by atoms with Crippen LogP contribution in [0, 0.1) is 5.82 Å². The fraction of sp³-hybridized carbons (Fsp3) is 0.381. The third-order valence-corrected chi connectivity index (χ3v) is 6.57. The van der Waals surface area contributed by atoms with Gasteiger partial charge in [-0.1, -0.05) is 6.42 Å². The monoisotopic (exact) mass is 426 g/mol. The molecule has 0 bridgehead atoms. The predicted molar refractivity (Wildman–Crippen MR) is 114 cm³/mol. The number of anilines is 1. The summed E-state index contributed by atoms with van der Waals surface area (Å²) >= 11 is 1.50.